The van der Waals surface area contributed by atoms with Crippen molar-refractivity contribution in [2.24, 2.45) is 17.1 Å². The molecule has 0 aliphatic rings. The summed E-state index contributed by atoms with van der Waals surface area (Å²) in [6, 6.07) is 5.81. The normalized spacial score (nSPS) is 15.4. The number of aliphatic hydroxyl groups is 2. The fourth-order valence-corrected chi connectivity index (χ4v) is 4.39. The number of nitrogens with two attached hydrogens (primary N) is 1. The average molecular weight is 603 g/mol. The molecule has 0 spiro atoms. The third-order valence-corrected chi connectivity index (χ3v) is 7.30. The minimum atomic E-state index is -1.25. The van der Waals surface area contributed by atoms with Gasteiger partial charge in [-0.15, -0.1) is 0 Å². The van der Waals surface area contributed by atoms with E-state index in [4.69, 9.17) is 5.73 Å². The zero-order valence-electron chi connectivity index (χ0n) is 26.8. The number of hydrogen-bond acceptors (Lipinski definition) is 6. The van der Waals surface area contributed by atoms with E-state index in [9.17, 15) is 29.4 Å². The summed E-state index contributed by atoms with van der Waals surface area (Å²) < 4.78 is 0. The Kier molecular flexibility index (Phi) is 16.2. The van der Waals surface area contributed by atoms with Crippen LogP contribution in [0.1, 0.15) is 92.1 Å². The molecule has 7 N–H and O–H groups in total. The number of benzene rings is 1. The highest BCUT2D eigenvalue weighted by Crippen LogP contribution is 2.19. The minimum absolute atomic E-state index is 0.0824. The maximum atomic E-state index is 13.7. The summed E-state index contributed by atoms with van der Waals surface area (Å²) in [4.78, 5) is 52.1. The number of carbonyl (C=O) groups excluding carboxylic acids is 4. The highest BCUT2D eigenvalue weighted by atomic mass is 16.3. The molecule has 0 saturated carbocycles. The summed E-state index contributed by atoms with van der Waals surface area (Å²) in [7, 11) is 0. The summed E-state index contributed by atoms with van der Waals surface area (Å²) >= 11 is 0. The van der Waals surface area contributed by atoms with Crippen molar-refractivity contribution in [2.45, 2.75) is 117 Å². The highest BCUT2D eigenvalue weighted by Gasteiger charge is 2.33. The van der Waals surface area contributed by atoms with Gasteiger partial charge in [0.05, 0.1) is 17.6 Å². The molecule has 4 atom stereocenters. The van der Waals surface area contributed by atoms with Gasteiger partial charge in [0.1, 0.15) is 18.1 Å². The Morgan fingerprint density at radius 2 is 1.51 bits per heavy atom. The monoisotopic (exact) mass is 602 g/mol. The van der Waals surface area contributed by atoms with E-state index in [1.807, 2.05) is 44.2 Å². The van der Waals surface area contributed by atoms with E-state index in [2.05, 4.69) is 22.9 Å². The third-order valence-electron chi connectivity index (χ3n) is 7.30. The third kappa shape index (κ3) is 14.7. The second-order valence-corrected chi connectivity index (χ2v) is 12.7. The molecule has 0 bridgehead atoms. The van der Waals surface area contributed by atoms with E-state index in [1.165, 1.54) is 26.0 Å². The van der Waals surface area contributed by atoms with Crippen molar-refractivity contribution in [1.29, 1.82) is 0 Å². The topological polar surface area (TPSA) is 171 Å². The molecular formula is C33H54N4O6. The first-order chi connectivity index (χ1) is 20.1. The van der Waals surface area contributed by atoms with Crippen LogP contribution in [0.2, 0.25) is 0 Å². The SMILES string of the molecule is CCCCCCCC(C)(O)C=C[C@H](NC(=O)C(C)(C)CO)C(=O)N[C@@H](Cc1ccccc1)C(=O)N[C@@H](CC(C)C)C(N)=O. The Labute approximate surface area is 257 Å². The fraction of sp³-hybridized carbons (Fsp3) is 0.636. The molecule has 1 unspecified atom stereocenters. The van der Waals surface area contributed by atoms with Crippen molar-refractivity contribution in [3.63, 3.8) is 0 Å². The van der Waals surface area contributed by atoms with Crippen molar-refractivity contribution < 1.29 is 29.4 Å². The van der Waals surface area contributed by atoms with Gasteiger partial charge in [-0.2, -0.15) is 0 Å². The van der Waals surface area contributed by atoms with Gasteiger partial charge in [0.15, 0.2) is 0 Å². The Bertz CT molecular complexity index is 1050. The lowest BCUT2D eigenvalue weighted by Gasteiger charge is -2.27. The van der Waals surface area contributed by atoms with Crippen molar-refractivity contribution in [3.05, 3.63) is 48.0 Å². The van der Waals surface area contributed by atoms with E-state index in [-0.39, 0.29) is 12.3 Å². The second kappa shape index (κ2) is 18.4. The zero-order chi connectivity index (χ0) is 32.6. The predicted octanol–water partition coefficient (Wildman–Crippen LogP) is 2.90. The Morgan fingerprint density at radius 3 is 2.07 bits per heavy atom. The Hall–Kier alpha value is -3.24. The van der Waals surface area contributed by atoms with Crippen LogP contribution in [0.15, 0.2) is 42.5 Å². The molecule has 0 heterocycles. The number of aliphatic hydroxyl groups excluding tert-OH is 1. The molecule has 0 aromatic heterocycles. The van der Waals surface area contributed by atoms with E-state index >= 15 is 0 Å². The number of rotatable bonds is 20. The van der Waals surface area contributed by atoms with Gasteiger partial charge < -0.3 is 31.9 Å². The molecule has 4 amide bonds. The molecule has 0 radical (unpaired) electrons. The van der Waals surface area contributed by atoms with Crippen LogP contribution in [0.5, 0.6) is 0 Å². The molecular weight excluding hydrogens is 548 g/mol. The number of unbranched alkanes of at least 4 members (excludes halogenated alkanes) is 4. The van der Waals surface area contributed by atoms with Crippen LogP contribution >= 0.6 is 0 Å². The van der Waals surface area contributed by atoms with Gasteiger partial charge in [0.2, 0.25) is 23.6 Å². The molecule has 10 nitrogen and oxygen atoms in total. The standard InChI is InChI=1S/C33H54N4O6/c1-7-8-9-10-14-18-33(6,43)19-17-25(37-31(42)32(4,5)22-38)29(40)36-27(21-24-15-12-11-13-16-24)30(41)35-26(28(34)39)20-23(2)3/h11-13,15-17,19,23,25-27,38,43H,7-10,14,18,20-22H2,1-6H3,(H2,34,39)(H,35,41)(H,36,40)(H,37,42)/t25-,26-,27-,33?/m0/s1. The summed E-state index contributed by atoms with van der Waals surface area (Å²) in [5, 5.41) is 28.7. The molecule has 0 aliphatic heterocycles. The van der Waals surface area contributed by atoms with Gasteiger partial charge in [-0.3, -0.25) is 19.2 Å². The minimum Gasteiger partial charge on any atom is -0.395 e. The molecule has 43 heavy (non-hydrogen) atoms. The van der Waals surface area contributed by atoms with Crippen LogP contribution in [0.25, 0.3) is 0 Å². The van der Waals surface area contributed by atoms with E-state index in [0.29, 0.717) is 12.8 Å². The van der Waals surface area contributed by atoms with Crippen LogP contribution in [0.4, 0.5) is 0 Å². The van der Waals surface area contributed by atoms with Gasteiger partial charge in [-0.05, 0) is 45.1 Å². The van der Waals surface area contributed by atoms with Crippen LogP contribution in [-0.2, 0) is 25.6 Å². The van der Waals surface area contributed by atoms with Crippen molar-refractivity contribution in [3.8, 4) is 0 Å². The molecule has 242 valence electrons. The first kappa shape index (κ1) is 37.8. The van der Waals surface area contributed by atoms with Crippen LogP contribution in [-0.4, -0.2) is 64.2 Å². The van der Waals surface area contributed by atoms with Gasteiger partial charge >= 0.3 is 0 Å². The quantitative estimate of drug-likeness (QED) is 0.0990. The Balaban J connectivity index is 3.27. The Morgan fingerprint density at radius 1 is 0.907 bits per heavy atom. The lowest BCUT2D eigenvalue weighted by atomic mass is 9.92. The van der Waals surface area contributed by atoms with E-state index < -0.39 is 59.4 Å². The number of carbonyl (C=O) groups is 4. The second-order valence-electron chi connectivity index (χ2n) is 12.7. The number of primary amides is 1. The largest absolute Gasteiger partial charge is 0.395 e. The maximum Gasteiger partial charge on any atom is 0.247 e. The molecule has 0 saturated heterocycles. The first-order valence-electron chi connectivity index (χ1n) is 15.4. The van der Waals surface area contributed by atoms with Gasteiger partial charge in [-0.25, -0.2) is 0 Å². The lowest BCUT2D eigenvalue weighted by molar-refractivity contribution is -0.136. The molecule has 0 fully saturated rings. The summed E-state index contributed by atoms with van der Waals surface area (Å²) in [6.45, 7) is 10.2. The summed E-state index contributed by atoms with van der Waals surface area (Å²) in [5.74, 6) is -2.45. The van der Waals surface area contributed by atoms with E-state index in [1.54, 1.807) is 6.92 Å². The van der Waals surface area contributed by atoms with Gasteiger partial charge in [0.25, 0.3) is 0 Å². The van der Waals surface area contributed by atoms with Gasteiger partial charge in [-0.1, -0.05) is 95.4 Å². The smallest absolute Gasteiger partial charge is 0.247 e. The summed E-state index contributed by atoms with van der Waals surface area (Å²) in [6.07, 6.45) is 8.91. The molecule has 1 rings (SSSR count). The highest BCUT2D eigenvalue weighted by molar-refractivity contribution is 5.95. The number of nitrogens with one attached hydrogen (secondary N) is 3. The number of amides is 4. The van der Waals surface area contributed by atoms with E-state index in [0.717, 1.165) is 37.7 Å². The molecule has 1 aromatic rings. The number of hydrogen-bond donors (Lipinski definition) is 6. The molecule has 0 aliphatic carbocycles. The molecule has 1 aromatic carbocycles. The van der Waals surface area contributed by atoms with Crippen molar-refractivity contribution in [2.75, 3.05) is 6.61 Å². The fourth-order valence-electron chi connectivity index (χ4n) is 4.39. The zero-order valence-corrected chi connectivity index (χ0v) is 26.8. The maximum absolute atomic E-state index is 13.7. The van der Waals surface area contributed by atoms with Crippen LogP contribution in [0.3, 0.4) is 0 Å². The van der Waals surface area contributed by atoms with Crippen molar-refractivity contribution in [1.82, 2.24) is 16.0 Å². The summed E-state index contributed by atoms with van der Waals surface area (Å²) in [5.41, 5.74) is 3.90. The van der Waals surface area contributed by atoms with Gasteiger partial charge in [0, 0.05) is 6.42 Å². The predicted molar refractivity (Wildman–Crippen MR) is 169 cm³/mol. The average Bonchev–Trinajstić information content (AvgIpc) is 2.94. The first-order valence-corrected chi connectivity index (χ1v) is 15.4. The lowest BCUT2D eigenvalue weighted by Crippen LogP contribution is -2.57. The van der Waals surface area contributed by atoms with Crippen LogP contribution < -0.4 is 21.7 Å². The molecule has 10 heteroatoms. The van der Waals surface area contributed by atoms with Crippen LogP contribution in [0, 0.1) is 11.3 Å². The van der Waals surface area contributed by atoms with Crippen molar-refractivity contribution >= 4 is 23.6 Å².